The molecule has 138 valence electrons. The van der Waals surface area contributed by atoms with Gasteiger partial charge in [-0.3, -0.25) is 29.4 Å². The van der Waals surface area contributed by atoms with Crippen molar-refractivity contribution < 1.29 is 19.2 Å². The van der Waals surface area contributed by atoms with Gasteiger partial charge in [-0.15, -0.1) is 11.8 Å². The number of piperidine rings is 1. The summed E-state index contributed by atoms with van der Waals surface area (Å²) in [5.41, 5.74) is 0.737. The quantitative estimate of drug-likeness (QED) is 0.451. The number of rotatable bonds is 7. The van der Waals surface area contributed by atoms with Gasteiger partial charge in [0.1, 0.15) is 6.04 Å². The van der Waals surface area contributed by atoms with E-state index in [1.54, 1.807) is 23.9 Å². The number of hydrogen-bond acceptors (Lipinski definition) is 5. The number of nitrogens with zero attached hydrogens (tertiary/aromatic N) is 1. The molecule has 0 aromatic heterocycles. The minimum Gasteiger partial charge on any atom is -0.295 e. The fraction of sp³-hybridized carbons (Fsp3) is 0.474. The topological polar surface area (TPSA) is 83.6 Å². The number of thioether (sulfide) groups is 1. The first kappa shape index (κ1) is 18.6. The molecule has 1 unspecified atom stereocenters. The molecule has 7 heteroatoms. The highest BCUT2D eigenvalue weighted by atomic mass is 32.2. The SMILES string of the molecule is CCCCCCSc1cccc2c1C(=O)N(C1CCC(=O)NC1=O)C2=O. The lowest BCUT2D eigenvalue weighted by atomic mass is 10.0. The van der Waals surface area contributed by atoms with E-state index in [-0.39, 0.29) is 18.7 Å². The Bertz CT molecular complexity index is 762. The highest BCUT2D eigenvalue weighted by Gasteiger charge is 2.45. The molecule has 26 heavy (non-hydrogen) atoms. The van der Waals surface area contributed by atoms with Crippen LogP contribution in [-0.4, -0.2) is 40.3 Å². The molecule has 0 bridgehead atoms. The van der Waals surface area contributed by atoms with E-state index in [1.165, 1.54) is 12.8 Å². The minimum atomic E-state index is -0.914. The van der Waals surface area contributed by atoms with E-state index in [9.17, 15) is 19.2 Å². The Kier molecular flexibility index (Phi) is 5.76. The second-order valence-electron chi connectivity index (χ2n) is 6.54. The number of unbranched alkanes of at least 4 members (excludes halogenated alkanes) is 3. The summed E-state index contributed by atoms with van der Waals surface area (Å²) < 4.78 is 0. The summed E-state index contributed by atoms with van der Waals surface area (Å²) in [6.07, 6.45) is 4.86. The molecule has 1 aromatic carbocycles. The van der Waals surface area contributed by atoms with Crippen molar-refractivity contribution >= 4 is 35.4 Å². The smallest absolute Gasteiger partial charge is 0.263 e. The first-order valence-corrected chi connectivity index (χ1v) is 10.0. The maximum absolute atomic E-state index is 12.9. The van der Waals surface area contributed by atoms with E-state index < -0.39 is 23.8 Å². The van der Waals surface area contributed by atoms with E-state index in [0.717, 1.165) is 28.4 Å². The van der Waals surface area contributed by atoms with Gasteiger partial charge in [0, 0.05) is 11.3 Å². The van der Waals surface area contributed by atoms with Gasteiger partial charge in [0.25, 0.3) is 11.8 Å². The molecule has 6 nitrogen and oxygen atoms in total. The Labute approximate surface area is 156 Å². The van der Waals surface area contributed by atoms with Crippen molar-refractivity contribution in [2.45, 2.75) is 56.4 Å². The highest BCUT2D eigenvalue weighted by Crippen LogP contribution is 2.34. The summed E-state index contributed by atoms with van der Waals surface area (Å²) in [5.74, 6) is -0.948. The maximum atomic E-state index is 12.9. The second kappa shape index (κ2) is 8.03. The predicted molar refractivity (Wildman–Crippen MR) is 98.0 cm³/mol. The Morgan fingerprint density at radius 2 is 1.92 bits per heavy atom. The first-order chi connectivity index (χ1) is 12.5. The van der Waals surface area contributed by atoms with Gasteiger partial charge in [-0.25, -0.2) is 0 Å². The van der Waals surface area contributed by atoms with E-state index in [4.69, 9.17) is 0 Å². The molecule has 4 amide bonds. The summed E-state index contributed by atoms with van der Waals surface area (Å²) in [6.45, 7) is 2.16. The van der Waals surface area contributed by atoms with Crippen LogP contribution in [-0.2, 0) is 9.59 Å². The van der Waals surface area contributed by atoms with Crippen LogP contribution in [0.5, 0.6) is 0 Å². The fourth-order valence-corrected chi connectivity index (χ4v) is 4.40. The van der Waals surface area contributed by atoms with Gasteiger partial charge in [0.15, 0.2) is 0 Å². The normalized spacial score (nSPS) is 19.7. The van der Waals surface area contributed by atoms with Gasteiger partial charge in [0.2, 0.25) is 11.8 Å². The van der Waals surface area contributed by atoms with E-state index in [2.05, 4.69) is 12.2 Å². The van der Waals surface area contributed by atoms with Crippen molar-refractivity contribution in [3.8, 4) is 0 Å². The number of imide groups is 2. The van der Waals surface area contributed by atoms with Gasteiger partial charge in [-0.05, 0) is 30.7 Å². The summed E-state index contributed by atoms with van der Waals surface area (Å²) in [7, 11) is 0. The lowest BCUT2D eigenvalue weighted by Gasteiger charge is -2.27. The van der Waals surface area contributed by atoms with Crippen LogP contribution in [0.2, 0.25) is 0 Å². The molecule has 2 aliphatic heterocycles. The predicted octanol–water partition coefficient (Wildman–Crippen LogP) is 2.76. The number of amides is 4. The maximum Gasteiger partial charge on any atom is 0.263 e. The van der Waals surface area contributed by atoms with Crippen molar-refractivity contribution in [1.29, 1.82) is 0 Å². The fourth-order valence-electron chi connectivity index (χ4n) is 3.32. The third kappa shape index (κ3) is 3.53. The molecule has 1 atom stereocenters. The van der Waals surface area contributed by atoms with E-state index in [0.29, 0.717) is 11.1 Å². The first-order valence-electron chi connectivity index (χ1n) is 9.02. The third-order valence-electron chi connectivity index (χ3n) is 4.69. The Morgan fingerprint density at radius 1 is 1.12 bits per heavy atom. The van der Waals surface area contributed by atoms with Gasteiger partial charge in [-0.1, -0.05) is 32.3 Å². The zero-order valence-corrected chi connectivity index (χ0v) is 15.6. The molecule has 3 rings (SSSR count). The van der Waals surface area contributed by atoms with Gasteiger partial charge >= 0.3 is 0 Å². The monoisotopic (exact) mass is 374 g/mol. The van der Waals surface area contributed by atoms with Crippen molar-refractivity contribution in [3.05, 3.63) is 29.3 Å². The highest BCUT2D eigenvalue weighted by molar-refractivity contribution is 7.99. The van der Waals surface area contributed by atoms with Gasteiger partial charge < -0.3 is 0 Å². The van der Waals surface area contributed by atoms with Crippen LogP contribution >= 0.6 is 11.8 Å². The molecule has 1 aromatic rings. The van der Waals surface area contributed by atoms with Crippen LogP contribution in [0.4, 0.5) is 0 Å². The molecule has 2 aliphatic rings. The third-order valence-corrected chi connectivity index (χ3v) is 5.83. The molecule has 0 saturated carbocycles. The molecular formula is C19H22N2O4S. The van der Waals surface area contributed by atoms with Crippen LogP contribution in [0, 0.1) is 0 Å². The molecule has 2 heterocycles. The standard InChI is InChI=1S/C19H22N2O4S/c1-2-3-4-5-11-26-14-8-6-7-12-16(14)19(25)21(18(12)24)13-9-10-15(22)20-17(13)23/h6-8,13H,2-5,9-11H2,1H3,(H,20,22,23). The number of hydrogen-bond donors (Lipinski definition) is 1. The molecule has 1 N–H and O–H groups in total. The molecule has 1 saturated heterocycles. The second-order valence-corrected chi connectivity index (χ2v) is 7.67. The number of nitrogens with one attached hydrogen (secondary N) is 1. The average Bonchev–Trinajstić information content (AvgIpc) is 2.87. The lowest BCUT2D eigenvalue weighted by Crippen LogP contribution is -2.54. The number of carbonyl (C=O) groups is 4. The molecule has 0 radical (unpaired) electrons. The van der Waals surface area contributed by atoms with Crippen LogP contribution in [0.15, 0.2) is 23.1 Å². The van der Waals surface area contributed by atoms with Crippen LogP contribution in [0.1, 0.15) is 66.2 Å². The number of carbonyl (C=O) groups excluding carboxylic acids is 4. The molecule has 0 spiro atoms. The summed E-state index contributed by atoms with van der Waals surface area (Å²) in [4.78, 5) is 50.9. The van der Waals surface area contributed by atoms with Gasteiger partial charge in [-0.2, -0.15) is 0 Å². The molecule has 0 aliphatic carbocycles. The van der Waals surface area contributed by atoms with Crippen molar-refractivity contribution in [2.75, 3.05) is 5.75 Å². The Hall–Kier alpha value is -2.15. The lowest BCUT2D eigenvalue weighted by molar-refractivity contribution is -0.136. The Morgan fingerprint density at radius 3 is 2.65 bits per heavy atom. The van der Waals surface area contributed by atoms with Crippen LogP contribution in [0.25, 0.3) is 0 Å². The summed E-state index contributed by atoms with van der Waals surface area (Å²) in [5, 5.41) is 2.21. The largest absolute Gasteiger partial charge is 0.295 e. The zero-order valence-electron chi connectivity index (χ0n) is 14.7. The number of benzene rings is 1. The van der Waals surface area contributed by atoms with E-state index in [1.807, 2.05) is 6.07 Å². The summed E-state index contributed by atoms with van der Waals surface area (Å²) in [6, 6.07) is 4.33. The van der Waals surface area contributed by atoms with Gasteiger partial charge in [0.05, 0.1) is 11.1 Å². The molecule has 1 fully saturated rings. The number of fused-ring (bicyclic) bond motifs is 1. The van der Waals surface area contributed by atoms with Crippen molar-refractivity contribution in [3.63, 3.8) is 0 Å². The van der Waals surface area contributed by atoms with E-state index >= 15 is 0 Å². The zero-order chi connectivity index (χ0) is 18.7. The van der Waals surface area contributed by atoms with Crippen LogP contribution in [0.3, 0.4) is 0 Å². The minimum absolute atomic E-state index is 0.128. The summed E-state index contributed by atoms with van der Waals surface area (Å²) >= 11 is 1.58. The van der Waals surface area contributed by atoms with Crippen molar-refractivity contribution in [1.82, 2.24) is 10.2 Å². The average molecular weight is 374 g/mol. The Balaban J connectivity index is 1.78. The molecular weight excluding hydrogens is 352 g/mol. The van der Waals surface area contributed by atoms with Crippen molar-refractivity contribution in [2.24, 2.45) is 0 Å². The van der Waals surface area contributed by atoms with Crippen LogP contribution < -0.4 is 5.32 Å².